The van der Waals surface area contributed by atoms with Gasteiger partial charge in [-0.2, -0.15) is 0 Å². The van der Waals surface area contributed by atoms with E-state index in [1.807, 2.05) is 0 Å². The Labute approximate surface area is 130 Å². The SMILES string of the molecule is C=C1C(=O)OC2CC3(C)CC(O)C(OC(C)=O)C(=C)C3CC12. The Bertz CT molecular complexity index is 565. The molecule has 0 aromatic heterocycles. The summed E-state index contributed by atoms with van der Waals surface area (Å²) in [6.07, 6.45) is 0.284. The van der Waals surface area contributed by atoms with Crippen LogP contribution in [0.2, 0.25) is 0 Å². The highest BCUT2D eigenvalue weighted by atomic mass is 16.6. The summed E-state index contributed by atoms with van der Waals surface area (Å²) in [5.41, 5.74) is 1.05. The van der Waals surface area contributed by atoms with Gasteiger partial charge >= 0.3 is 11.9 Å². The molecule has 3 aliphatic rings. The molecule has 2 aliphatic carbocycles. The third kappa shape index (κ3) is 2.19. The van der Waals surface area contributed by atoms with Crippen molar-refractivity contribution >= 4 is 11.9 Å². The number of ether oxygens (including phenoxy) is 2. The molecule has 0 aromatic carbocycles. The molecule has 0 aromatic rings. The van der Waals surface area contributed by atoms with Crippen LogP contribution in [0.5, 0.6) is 0 Å². The van der Waals surface area contributed by atoms with Crippen molar-refractivity contribution in [3.8, 4) is 0 Å². The molecule has 22 heavy (non-hydrogen) atoms. The van der Waals surface area contributed by atoms with Crippen molar-refractivity contribution in [2.24, 2.45) is 17.3 Å². The van der Waals surface area contributed by atoms with Crippen LogP contribution in [0, 0.1) is 17.3 Å². The molecule has 1 aliphatic heterocycles. The summed E-state index contributed by atoms with van der Waals surface area (Å²) in [5.74, 6) is -0.672. The number of hydrogen-bond acceptors (Lipinski definition) is 5. The van der Waals surface area contributed by atoms with Crippen LogP contribution in [0.3, 0.4) is 0 Å². The summed E-state index contributed by atoms with van der Waals surface area (Å²) in [4.78, 5) is 23.0. The van der Waals surface area contributed by atoms with Crippen molar-refractivity contribution in [3.05, 3.63) is 24.3 Å². The molecule has 6 atom stereocenters. The first-order chi connectivity index (χ1) is 10.2. The van der Waals surface area contributed by atoms with Crippen molar-refractivity contribution in [3.63, 3.8) is 0 Å². The minimum absolute atomic E-state index is 0.00412. The van der Waals surface area contributed by atoms with Crippen LogP contribution in [0.25, 0.3) is 0 Å². The van der Waals surface area contributed by atoms with Gasteiger partial charge in [0.15, 0.2) is 0 Å². The lowest BCUT2D eigenvalue weighted by Gasteiger charge is -2.52. The maximum absolute atomic E-state index is 11.7. The van der Waals surface area contributed by atoms with Gasteiger partial charge in [0.25, 0.3) is 0 Å². The Morgan fingerprint density at radius 1 is 1.41 bits per heavy atom. The molecule has 3 fully saturated rings. The van der Waals surface area contributed by atoms with Crippen LogP contribution in [-0.4, -0.2) is 35.4 Å². The number of carbonyl (C=O) groups excluding carboxylic acids is 2. The van der Waals surface area contributed by atoms with Gasteiger partial charge in [-0.3, -0.25) is 4.79 Å². The Hall–Kier alpha value is -1.62. The molecule has 1 heterocycles. The average Bonchev–Trinajstić information content (AvgIpc) is 2.67. The van der Waals surface area contributed by atoms with Crippen LogP contribution < -0.4 is 0 Å². The van der Waals surface area contributed by atoms with Crippen LogP contribution in [-0.2, 0) is 19.1 Å². The second-order valence-electron chi connectivity index (χ2n) is 7.10. The molecule has 2 saturated carbocycles. The average molecular weight is 306 g/mol. The molecular formula is C17H22O5. The topological polar surface area (TPSA) is 72.8 Å². The smallest absolute Gasteiger partial charge is 0.334 e. The van der Waals surface area contributed by atoms with Crippen LogP contribution >= 0.6 is 0 Å². The van der Waals surface area contributed by atoms with Gasteiger partial charge in [0.2, 0.25) is 0 Å². The maximum atomic E-state index is 11.7. The molecule has 0 radical (unpaired) electrons. The first kappa shape index (κ1) is 15.3. The monoisotopic (exact) mass is 306 g/mol. The Kier molecular flexibility index (Phi) is 3.44. The highest BCUT2D eigenvalue weighted by molar-refractivity contribution is 5.90. The van der Waals surface area contributed by atoms with Gasteiger partial charge in [-0.25, -0.2) is 4.79 Å². The van der Waals surface area contributed by atoms with Crippen LogP contribution in [0.15, 0.2) is 24.3 Å². The summed E-state index contributed by atoms with van der Waals surface area (Å²) in [6.45, 7) is 11.4. The zero-order valence-electron chi connectivity index (χ0n) is 13.0. The van der Waals surface area contributed by atoms with Crippen molar-refractivity contribution < 1.29 is 24.2 Å². The summed E-state index contributed by atoms with van der Waals surface area (Å²) >= 11 is 0. The first-order valence-corrected chi connectivity index (χ1v) is 7.66. The van der Waals surface area contributed by atoms with E-state index in [1.165, 1.54) is 6.92 Å². The summed E-state index contributed by atoms with van der Waals surface area (Å²) in [7, 11) is 0. The van der Waals surface area contributed by atoms with E-state index in [9.17, 15) is 14.7 Å². The minimum atomic E-state index is -0.769. The van der Waals surface area contributed by atoms with E-state index >= 15 is 0 Å². The van der Waals surface area contributed by atoms with Crippen LogP contribution in [0.4, 0.5) is 0 Å². The van der Waals surface area contributed by atoms with Gasteiger partial charge in [0.1, 0.15) is 12.2 Å². The standard InChI is InChI=1S/C17H22O5/c1-8-11-5-12-9(2)15(21-10(3)18)13(19)6-17(12,4)7-14(11)22-16(8)20/h11-15,19H,1-2,5-7H2,3-4H3. The van der Waals surface area contributed by atoms with E-state index in [4.69, 9.17) is 9.47 Å². The number of carbonyl (C=O) groups is 2. The van der Waals surface area contributed by atoms with Crippen molar-refractivity contribution in [2.75, 3.05) is 0 Å². The van der Waals surface area contributed by atoms with Gasteiger partial charge < -0.3 is 14.6 Å². The third-order valence-electron chi connectivity index (χ3n) is 5.55. The molecule has 0 spiro atoms. The molecule has 0 bridgehead atoms. The molecule has 5 nitrogen and oxygen atoms in total. The second kappa shape index (κ2) is 4.95. The Morgan fingerprint density at radius 3 is 2.73 bits per heavy atom. The predicted octanol–water partition coefficient (Wildman–Crippen LogP) is 1.75. The summed E-state index contributed by atoms with van der Waals surface area (Å²) < 4.78 is 10.7. The van der Waals surface area contributed by atoms with E-state index in [0.717, 1.165) is 5.57 Å². The first-order valence-electron chi connectivity index (χ1n) is 7.66. The second-order valence-corrected chi connectivity index (χ2v) is 7.10. The van der Waals surface area contributed by atoms with Gasteiger partial charge in [0.05, 0.1) is 6.10 Å². The number of hydrogen-bond donors (Lipinski definition) is 1. The lowest BCUT2D eigenvalue weighted by Crippen LogP contribution is -2.52. The van der Waals surface area contributed by atoms with E-state index in [2.05, 4.69) is 20.1 Å². The van der Waals surface area contributed by atoms with Gasteiger partial charge in [-0.15, -0.1) is 0 Å². The van der Waals surface area contributed by atoms with Crippen LogP contribution in [0.1, 0.15) is 33.1 Å². The van der Waals surface area contributed by atoms with Crippen molar-refractivity contribution in [1.82, 2.24) is 0 Å². The highest BCUT2D eigenvalue weighted by Gasteiger charge is 2.56. The fraction of sp³-hybridized carbons (Fsp3) is 0.647. The zero-order valence-corrected chi connectivity index (χ0v) is 13.0. The summed E-state index contributed by atoms with van der Waals surface area (Å²) in [5, 5.41) is 10.4. The molecule has 1 N–H and O–H groups in total. The molecule has 5 heteroatoms. The van der Waals surface area contributed by atoms with E-state index < -0.39 is 18.2 Å². The molecule has 6 unspecified atom stereocenters. The fourth-order valence-corrected chi connectivity index (χ4v) is 4.48. The lowest BCUT2D eigenvalue weighted by molar-refractivity contribution is -0.159. The normalized spacial score (nSPS) is 44.1. The predicted molar refractivity (Wildman–Crippen MR) is 78.7 cm³/mol. The van der Waals surface area contributed by atoms with Gasteiger partial charge in [-0.05, 0) is 36.2 Å². The Morgan fingerprint density at radius 2 is 2.09 bits per heavy atom. The maximum Gasteiger partial charge on any atom is 0.334 e. The number of fused-ring (bicyclic) bond motifs is 2. The van der Waals surface area contributed by atoms with E-state index in [-0.39, 0.29) is 29.3 Å². The number of aliphatic hydroxyl groups is 1. The summed E-state index contributed by atoms with van der Waals surface area (Å²) in [6, 6.07) is 0. The molecule has 0 amide bonds. The lowest BCUT2D eigenvalue weighted by atomic mass is 9.54. The van der Waals surface area contributed by atoms with E-state index in [0.29, 0.717) is 24.8 Å². The quantitative estimate of drug-likeness (QED) is 0.454. The minimum Gasteiger partial charge on any atom is -0.458 e. The fourth-order valence-electron chi connectivity index (χ4n) is 4.48. The van der Waals surface area contributed by atoms with Gasteiger partial charge in [0, 0.05) is 18.4 Å². The van der Waals surface area contributed by atoms with E-state index in [1.54, 1.807) is 0 Å². The number of rotatable bonds is 1. The van der Waals surface area contributed by atoms with Crippen molar-refractivity contribution in [2.45, 2.75) is 51.4 Å². The zero-order chi connectivity index (χ0) is 16.2. The highest BCUT2D eigenvalue weighted by Crippen LogP contribution is 2.57. The van der Waals surface area contributed by atoms with Gasteiger partial charge in [-0.1, -0.05) is 20.1 Å². The third-order valence-corrected chi connectivity index (χ3v) is 5.55. The largest absolute Gasteiger partial charge is 0.458 e. The number of esters is 2. The van der Waals surface area contributed by atoms with Crippen molar-refractivity contribution in [1.29, 1.82) is 0 Å². The Balaban J connectivity index is 1.88. The molecule has 120 valence electrons. The molecule has 3 rings (SSSR count). The molecular weight excluding hydrogens is 284 g/mol. The molecule has 1 saturated heterocycles. The number of aliphatic hydroxyl groups excluding tert-OH is 1.